The van der Waals surface area contributed by atoms with Crippen LogP contribution >= 0.6 is 0 Å². The van der Waals surface area contributed by atoms with Gasteiger partial charge in [0.2, 0.25) is 0 Å². The first kappa shape index (κ1) is 13.7. The zero-order chi connectivity index (χ0) is 13.2. The van der Waals surface area contributed by atoms with Gasteiger partial charge in [0.05, 0.1) is 17.1 Å². The molecule has 0 aliphatic heterocycles. The Morgan fingerprint density at radius 2 is 2.18 bits per heavy atom. The minimum atomic E-state index is -3.69. The lowest BCUT2D eigenvalue weighted by Gasteiger charge is -2.08. The molecule has 0 saturated heterocycles. The molecular formula is C10H16N2O4S. The van der Waals surface area contributed by atoms with Gasteiger partial charge < -0.3 is 5.11 Å². The van der Waals surface area contributed by atoms with Crippen LogP contribution in [-0.2, 0) is 33.9 Å². The molecule has 0 aliphatic carbocycles. The summed E-state index contributed by atoms with van der Waals surface area (Å²) in [7, 11) is -2.04. The Labute approximate surface area is 100 Å². The van der Waals surface area contributed by atoms with Crippen molar-refractivity contribution in [1.29, 1.82) is 0 Å². The number of carboxylic acid groups (broad SMARTS) is 1. The number of hydrogen-bond donors (Lipinski definition) is 1. The summed E-state index contributed by atoms with van der Waals surface area (Å²) in [4.78, 5) is 10.7. The van der Waals surface area contributed by atoms with Gasteiger partial charge in [-0.2, -0.15) is 5.10 Å². The maximum atomic E-state index is 11.8. The Hall–Kier alpha value is -1.37. The second-order valence-corrected chi connectivity index (χ2v) is 6.21. The molecule has 17 heavy (non-hydrogen) atoms. The summed E-state index contributed by atoms with van der Waals surface area (Å²) in [5.41, 5.74) is 1.30. The van der Waals surface area contributed by atoms with E-state index >= 15 is 0 Å². The molecule has 0 saturated carbocycles. The van der Waals surface area contributed by atoms with Crippen LogP contribution < -0.4 is 0 Å². The Kier molecular flexibility index (Phi) is 3.92. The van der Waals surface area contributed by atoms with Crippen molar-refractivity contribution in [2.45, 2.75) is 31.3 Å². The molecule has 1 aromatic heterocycles. The van der Waals surface area contributed by atoms with Crippen molar-refractivity contribution in [3.05, 3.63) is 17.5 Å². The number of carbonyl (C=O) groups is 1. The smallest absolute Gasteiger partial charge is 0.321 e. The van der Waals surface area contributed by atoms with E-state index in [4.69, 9.17) is 5.11 Å². The monoisotopic (exact) mass is 260 g/mol. The average Bonchev–Trinajstić information content (AvgIpc) is 2.57. The standard InChI is InChI=1S/C10H16N2O4S/c1-4-8-5-9(12(3)11-8)6-17(15,16)7(2)10(13)14/h5,7H,4,6H2,1-3H3,(H,13,14). The molecule has 0 spiro atoms. The summed E-state index contributed by atoms with van der Waals surface area (Å²) < 4.78 is 25.0. The van der Waals surface area contributed by atoms with Crippen LogP contribution in [0.3, 0.4) is 0 Å². The van der Waals surface area contributed by atoms with Gasteiger partial charge in [0.15, 0.2) is 15.1 Å². The van der Waals surface area contributed by atoms with Crippen LogP contribution in [0.5, 0.6) is 0 Å². The number of sulfone groups is 1. The van der Waals surface area contributed by atoms with Gasteiger partial charge in [0.25, 0.3) is 0 Å². The van der Waals surface area contributed by atoms with Gasteiger partial charge in [-0.15, -0.1) is 0 Å². The predicted octanol–water partition coefficient (Wildman–Crippen LogP) is 0.370. The van der Waals surface area contributed by atoms with Gasteiger partial charge in [-0.3, -0.25) is 9.48 Å². The van der Waals surface area contributed by atoms with Crippen LogP contribution in [0.15, 0.2) is 6.07 Å². The van der Waals surface area contributed by atoms with Crippen LogP contribution in [0.2, 0.25) is 0 Å². The normalized spacial score (nSPS) is 13.6. The number of rotatable bonds is 5. The highest BCUT2D eigenvalue weighted by molar-refractivity contribution is 7.91. The highest BCUT2D eigenvalue weighted by Crippen LogP contribution is 2.12. The van der Waals surface area contributed by atoms with E-state index < -0.39 is 21.1 Å². The number of nitrogens with zero attached hydrogens (tertiary/aromatic N) is 2. The molecule has 7 heteroatoms. The first-order valence-electron chi connectivity index (χ1n) is 5.24. The first-order valence-corrected chi connectivity index (χ1v) is 6.95. The molecule has 1 unspecified atom stereocenters. The summed E-state index contributed by atoms with van der Waals surface area (Å²) in [5, 5.41) is 11.4. The fourth-order valence-corrected chi connectivity index (χ4v) is 2.60. The van der Waals surface area contributed by atoms with Gasteiger partial charge in [-0.25, -0.2) is 8.42 Å². The van der Waals surface area contributed by atoms with Gasteiger partial charge in [-0.05, 0) is 19.4 Å². The molecule has 0 amide bonds. The van der Waals surface area contributed by atoms with Crippen molar-refractivity contribution in [1.82, 2.24) is 9.78 Å². The molecule has 0 aromatic carbocycles. The molecule has 0 bridgehead atoms. The Balaban J connectivity index is 2.97. The fourth-order valence-electron chi connectivity index (χ4n) is 1.36. The molecule has 0 aliphatic rings. The minimum Gasteiger partial charge on any atom is -0.480 e. The predicted molar refractivity (Wildman–Crippen MR) is 62.3 cm³/mol. The van der Waals surface area contributed by atoms with Gasteiger partial charge in [0.1, 0.15) is 0 Å². The maximum absolute atomic E-state index is 11.8. The number of aromatic nitrogens is 2. The second-order valence-electron chi connectivity index (χ2n) is 3.89. The summed E-state index contributed by atoms with van der Waals surface area (Å²) in [6, 6.07) is 1.69. The molecule has 1 atom stereocenters. The third-order valence-corrected chi connectivity index (χ3v) is 4.60. The summed E-state index contributed by atoms with van der Waals surface area (Å²) in [5.74, 6) is -1.63. The van der Waals surface area contributed by atoms with E-state index in [-0.39, 0.29) is 5.75 Å². The van der Waals surface area contributed by atoms with Crippen molar-refractivity contribution in [3.8, 4) is 0 Å². The SMILES string of the molecule is CCc1cc(CS(=O)(=O)C(C)C(=O)O)n(C)n1. The van der Waals surface area contributed by atoms with Crippen LogP contribution in [0.1, 0.15) is 25.2 Å². The topological polar surface area (TPSA) is 89.3 Å². The Morgan fingerprint density at radius 3 is 2.59 bits per heavy atom. The zero-order valence-electron chi connectivity index (χ0n) is 10.0. The highest BCUT2D eigenvalue weighted by atomic mass is 32.2. The molecule has 1 aromatic rings. The van der Waals surface area contributed by atoms with Crippen LogP contribution in [0, 0.1) is 0 Å². The Bertz CT molecular complexity index is 518. The summed E-state index contributed by atoms with van der Waals surface area (Å²) >= 11 is 0. The van der Waals surface area contributed by atoms with Crippen molar-refractivity contribution < 1.29 is 18.3 Å². The van der Waals surface area contributed by atoms with E-state index in [1.165, 1.54) is 11.6 Å². The van der Waals surface area contributed by atoms with E-state index in [2.05, 4.69) is 5.10 Å². The number of aryl methyl sites for hydroxylation is 2. The van der Waals surface area contributed by atoms with E-state index in [0.717, 1.165) is 5.69 Å². The lowest BCUT2D eigenvalue weighted by atomic mass is 10.3. The van der Waals surface area contributed by atoms with E-state index in [1.807, 2.05) is 6.92 Å². The van der Waals surface area contributed by atoms with Crippen molar-refractivity contribution in [2.75, 3.05) is 0 Å². The van der Waals surface area contributed by atoms with Gasteiger partial charge >= 0.3 is 5.97 Å². The third kappa shape index (κ3) is 3.06. The summed E-state index contributed by atoms with van der Waals surface area (Å²) in [6.07, 6.45) is 0.711. The summed E-state index contributed by atoms with van der Waals surface area (Å²) in [6.45, 7) is 3.09. The second kappa shape index (κ2) is 4.87. The first-order chi connectivity index (χ1) is 7.77. The van der Waals surface area contributed by atoms with E-state index in [0.29, 0.717) is 12.1 Å². The highest BCUT2D eigenvalue weighted by Gasteiger charge is 2.28. The average molecular weight is 260 g/mol. The van der Waals surface area contributed by atoms with Crippen molar-refractivity contribution in [2.24, 2.45) is 7.05 Å². The maximum Gasteiger partial charge on any atom is 0.321 e. The molecule has 1 N–H and O–H groups in total. The molecule has 0 fully saturated rings. The molecule has 0 radical (unpaired) electrons. The fraction of sp³-hybridized carbons (Fsp3) is 0.600. The molecule has 1 heterocycles. The molecule has 1 rings (SSSR count). The van der Waals surface area contributed by atoms with Crippen LogP contribution in [0.25, 0.3) is 0 Å². The molecule has 96 valence electrons. The van der Waals surface area contributed by atoms with Crippen LogP contribution in [-0.4, -0.2) is 34.5 Å². The quantitative estimate of drug-likeness (QED) is 0.826. The number of hydrogen-bond acceptors (Lipinski definition) is 4. The van der Waals surface area contributed by atoms with E-state index in [1.54, 1.807) is 13.1 Å². The van der Waals surface area contributed by atoms with Crippen molar-refractivity contribution >= 4 is 15.8 Å². The number of aliphatic carboxylic acids is 1. The van der Waals surface area contributed by atoms with Gasteiger partial charge in [0, 0.05) is 7.05 Å². The van der Waals surface area contributed by atoms with Crippen LogP contribution in [0.4, 0.5) is 0 Å². The van der Waals surface area contributed by atoms with Crippen molar-refractivity contribution in [3.63, 3.8) is 0 Å². The lowest BCUT2D eigenvalue weighted by Crippen LogP contribution is -2.28. The lowest BCUT2D eigenvalue weighted by molar-refractivity contribution is -0.136. The van der Waals surface area contributed by atoms with E-state index in [9.17, 15) is 13.2 Å². The zero-order valence-corrected chi connectivity index (χ0v) is 10.9. The molecule has 6 nitrogen and oxygen atoms in total. The minimum absolute atomic E-state index is 0.302. The largest absolute Gasteiger partial charge is 0.480 e. The number of carboxylic acids is 1. The Morgan fingerprint density at radius 1 is 1.59 bits per heavy atom. The molecular weight excluding hydrogens is 244 g/mol. The third-order valence-electron chi connectivity index (χ3n) is 2.63. The van der Waals surface area contributed by atoms with Gasteiger partial charge in [-0.1, -0.05) is 6.92 Å².